The Morgan fingerprint density at radius 3 is 2.75 bits per heavy atom. The van der Waals surface area contributed by atoms with E-state index in [-0.39, 0.29) is 0 Å². The smallest absolute Gasteiger partial charge is 0.109 e. The predicted molar refractivity (Wildman–Crippen MR) is 77.5 cm³/mol. The lowest BCUT2D eigenvalue weighted by molar-refractivity contribution is 0.426. The second-order valence-corrected chi connectivity index (χ2v) is 4.93. The van der Waals surface area contributed by atoms with Crippen LogP contribution in [0.15, 0.2) is 12.3 Å². The first-order chi connectivity index (χ1) is 9.63. The maximum atomic E-state index is 12.3. The second-order valence-electron chi connectivity index (χ2n) is 4.93. The largest absolute Gasteiger partial charge is 0.377 e. The number of halogens is 1. The van der Waals surface area contributed by atoms with E-state index in [1.165, 1.54) is 0 Å². The lowest BCUT2D eigenvalue weighted by atomic mass is 10.3. The van der Waals surface area contributed by atoms with Crippen molar-refractivity contribution in [1.82, 2.24) is 19.6 Å². The molecule has 0 unspecified atom stereocenters. The molecule has 0 aromatic carbocycles. The van der Waals surface area contributed by atoms with Gasteiger partial charge in [0.2, 0.25) is 0 Å². The first-order valence-electron chi connectivity index (χ1n) is 7.01. The van der Waals surface area contributed by atoms with E-state index >= 15 is 0 Å². The van der Waals surface area contributed by atoms with Gasteiger partial charge in [-0.1, -0.05) is 6.92 Å². The molecule has 1 N–H and O–H groups in total. The molecule has 110 valence electrons. The van der Waals surface area contributed by atoms with Gasteiger partial charge in [0.25, 0.3) is 0 Å². The number of rotatable bonds is 7. The van der Waals surface area contributed by atoms with Gasteiger partial charge in [0.1, 0.15) is 6.67 Å². The number of aromatic nitrogens is 4. The third-order valence-corrected chi connectivity index (χ3v) is 3.14. The van der Waals surface area contributed by atoms with Crippen molar-refractivity contribution in [2.75, 3.05) is 12.0 Å². The first-order valence-corrected chi connectivity index (χ1v) is 7.01. The Balaban J connectivity index is 2.04. The summed E-state index contributed by atoms with van der Waals surface area (Å²) in [5.41, 5.74) is 4.01. The molecule has 0 aliphatic heterocycles. The lowest BCUT2D eigenvalue weighted by Crippen LogP contribution is -2.09. The highest BCUT2D eigenvalue weighted by atomic mass is 19.1. The molecule has 5 nitrogen and oxygen atoms in total. The lowest BCUT2D eigenvalue weighted by Gasteiger charge is -2.07. The highest BCUT2D eigenvalue weighted by molar-refractivity contribution is 5.45. The summed E-state index contributed by atoms with van der Waals surface area (Å²) in [4.78, 5) is 0. The quantitative estimate of drug-likeness (QED) is 0.847. The van der Waals surface area contributed by atoms with Crippen molar-refractivity contribution in [3.05, 3.63) is 29.3 Å². The molecule has 20 heavy (non-hydrogen) atoms. The zero-order chi connectivity index (χ0) is 14.5. The number of anilines is 1. The van der Waals surface area contributed by atoms with Crippen LogP contribution in [0.2, 0.25) is 0 Å². The molecule has 0 bridgehead atoms. The van der Waals surface area contributed by atoms with Crippen LogP contribution in [0.5, 0.6) is 0 Å². The van der Waals surface area contributed by atoms with Gasteiger partial charge in [-0.05, 0) is 26.3 Å². The van der Waals surface area contributed by atoms with Gasteiger partial charge >= 0.3 is 0 Å². The summed E-state index contributed by atoms with van der Waals surface area (Å²) in [7, 11) is 0. The molecule has 0 saturated carbocycles. The fourth-order valence-electron chi connectivity index (χ4n) is 2.23. The van der Waals surface area contributed by atoms with E-state index in [0.717, 1.165) is 35.7 Å². The van der Waals surface area contributed by atoms with Crippen LogP contribution < -0.4 is 5.32 Å². The molecule has 0 fully saturated rings. The molecule has 2 aromatic rings. The predicted octanol–water partition coefficient (Wildman–Crippen LogP) is 2.69. The molecular formula is C14H22FN5. The average Bonchev–Trinajstić information content (AvgIpc) is 2.91. The monoisotopic (exact) mass is 279 g/mol. The molecule has 2 heterocycles. The highest BCUT2D eigenvalue weighted by Gasteiger charge is 2.08. The van der Waals surface area contributed by atoms with Gasteiger partial charge in [-0.25, -0.2) is 4.39 Å². The minimum absolute atomic E-state index is 0.301. The number of hydrogen-bond donors (Lipinski definition) is 1. The molecule has 2 aromatic heterocycles. The zero-order valence-electron chi connectivity index (χ0n) is 12.4. The normalized spacial score (nSPS) is 11.0. The molecule has 6 heteroatoms. The summed E-state index contributed by atoms with van der Waals surface area (Å²) in [5.74, 6) is 0. The Kier molecular flexibility index (Phi) is 4.76. The number of alkyl halides is 1. The molecule has 0 saturated heterocycles. The third-order valence-electron chi connectivity index (χ3n) is 3.14. The number of nitrogens with one attached hydrogen (secondary N) is 1. The van der Waals surface area contributed by atoms with E-state index < -0.39 is 6.67 Å². The van der Waals surface area contributed by atoms with E-state index in [1.54, 1.807) is 4.68 Å². The minimum atomic E-state index is -0.400. The molecular weight excluding hydrogens is 257 g/mol. The molecule has 0 radical (unpaired) electrons. The maximum absolute atomic E-state index is 12.3. The number of aryl methyl sites for hydroxylation is 4. The molecule has 0 aliphatic rings. The fraction of sp³-hybridized carbons (Fsp3) is 0.571. The Morgan fingerprint density at radius 1 is 1.25 bits per heavy atom. The van der Waals surface area contributed by atoms with Gasteiger partial charge in [0, 0.05) is 12.7 Å². The fourth-order valence-corrected chi connectivity index (χ4v) is 2.23. The van der Waals surface area contributed by atoms with Crippen molar-refractivity contribution in [2.45, 2.75) is 46.8 Å². The summed E-state index contributed by atoms with van der Waals surface area (Å²) < 4.78 is 16.0. The van der Waals surface area contributed by atoms with Gasteiger partial charge in [-0.3, -0.25) is 9.36 Å². The van der Waals surface area contributed by atoms with Crippen LogP contribution in [0.3, 0.4) is 0 Å². The van der Waals surface area contributed by atoms with Crippen LogP contribution in [-0.2, 0) is 19.6 Å². The van der Waals surface area contributed by atoms with Crippen LogP contribution in [0.1, 0.15) is 30.4 Å². The SMILES string of the molecule is CCCn1nc(C)cc1CNc1cn(CCF)nc1C. The van der Waals surface area contributed by atoms with E-state index in [0.29, 0.717) is 13.1 Å². The van der Waals surface area contributed by atoms with E-state index in [1.807, 2.05) is 24.7 Å². The maximum Gasteiger partial charge on any atom is 0.109 e. The standard InChI is InChI=1S/C14H22FN5/c1-4-6-20-13(8-11(2)17-20)9-16-14-10-19(7-5-15)18-12(14)3/h8,10,16H,4-7,9H2,1-3H3. The third kappa shape index (κ3) is 3.37. The van der Waals surface area contributed by atoms with Crippen molar-refractivity contribution in [3.8, 4) is 0 Å². The number of hydrogen-bond acceptors (Lipinski definition) is 3. The van der Waals surface area contributed by atoms with Gasteiger partial charge in [-0.15, -0.1) is 0 Å². The minimum Gasteiger partial charge on any atom is -0.377 e. The van der Waals surface area contributed by atoms with E-state index in [4.69, 9.17) is 0 Å². The van der Waals surface area contributed by atoms with Crippen LogP contribution in [-0.4, -0.2) is 26.2 Å². The summed E-state index contributed by atoms with van der Waals surface area (Å²) in [6.07, 6.45) is 2.91. The van der Waals surface area contributed by atoms with Gasteiger partial charge in [0.05, 0.1) is 35.9 Å². The Morgan fingerprint density at radius 2 is 2.05 bits per heavy atom. The van der Waals surface area contributed by atoms with Crippen LogP contribution in [0, 0.1) is 13.8 Å². The van der Waals surface area contributed by atoms with Gasteiger partial charge in [-0.2, -0.15) is 10.2 Å². The van der Waals surface area contributed by atoms with Crippen molar-refractivity contribution in [2.24, 2.45) is 0 Å². The van der Waals surface area contributed by atoms with Crippen LogP contribution in [0.4, 0.5) is 10.1 Å². The van der Waals surface area contributed by atoms with E-state index in [2.05, 4.69) is 28.5 Å². The van der Waals surface area contributed by atoms with Gasteiger partial charge in [0.15, 0.2) is 0 Å². The summed E-state index contributed by atoms with van der Waals surface area (Å²) >= 11 is 0. The summed E-state index contributed by atoms with van der Waals surface area (Å²) in [6, 6.07) is 2.09. The second kappa shape index (κ2) is 6.54. The molecule has 0 aliphatic carbocycles. The van der Waals surface area contributed by atoms with Crippen molar-refractivity contribution < 1.29 is 4.39 Å². The van der Waals surface area contributed by atoms with Crippen molar-refractivity contribution in [3.63, 3.8) is 0 Å². The molecule has 2 rings (SSSR count). The van der Waals surface area contributed by atoms with Crippen molar-refractivity contribution >= 4 is 5.69 Å². The van der Waals surface area contributed by atoms with Gasteiger partial charge < -0.3 is 5.32 Å². The average molecular weight is 279 g/mol. The Labute approximate surface area is 118 Å². The van der Waals surface area contributed by atoms with E-state index in [9.17, 15) is 4.39 Å². The highest BCUT2D eigenvalue weighted by Crippen LogP contribution is 2.14. The number of nitrogens with zero attached hydrogens (tertiary/aromatic N) is 4. The Hall–Kier alpha value is -1.85. The van der Waals surface area contributed by atoms with Crippen LogP contribution >= 0.6 is 0 Å². The summed E-state index contributed by atoms with van der Waals surface area (Å²) in [5, 5.41) is 12.1. The topological polar surface area (TPSA) is 47.7 Å². The van der Waals surface area contributed by atoms with Crippen LogP contribution in [0.25, 0.3) is 0 Å². The Bertz CT molecular complexity index is 558. The first kappa shape index (κ1) is 14.6. The summed E-state index contributed by atoms with van der Waals surface area (Å²) in [6.45, 7) is 7.58. The zero-order valence-corrected chi connectivity index (χ0v) is 12.4. The molecule has 0 spiro atoms. The molecule has 0 atom stereocenters. The molecule has 0 amide bonds. The van der Waals surface area contributed by atoms with Crippen molar-refractivity contribution in [1.29, 1.82) is 0 Å².